The van der Waals surface area contributed by atoms with Crippen molar-refractivity contribution in [1.29, 1.82) is 0 Å². The maximum absolute atomic E-state index is 12.1. The summed E-state index contributed by atoms with van der Waals surface area (Å²) in [6, 6.07) is 20.3. The summed E-state index contributed by atoms with van der Waals surface area (Å²) in [7, 11) is 0. The predicted octanol–water partition coefficient (Wildman–Crippen LogP) is 3.19. The minimum atomic E-state index is -0.216. The van der Waals surface area contributed by atoms with E-state index >= 15 is 0 Å². The summed E-state index contributed by atoms with van der Waals surface area (Å²) in [6.45, 7) is 2.74. The zero-order chi connectivity index (χ0) is 15.9. The van der Waals surface area contributed by atoms with Crippen LogP contribution >= 0.6 is 0 Å². The monoisotopic (exact) mass is 310 g/mol. The van der Waals surface area contributed by atoms with Crippen molar-refractivity contribution in [1.82, 2.24) is 10.2 Å². The first kappa shape index (κ1) is 15.6. The number of carbonyl (C=O) groups excluding carboxylic acids is 1. The summed E-state index contributed by atoms with van der Waals surface area (Å²) in [5.74, 6) is 0. The average Bonchev–Trinajstić information content (AvgIpc) is 2.58. The van der Waals surface area contributed by atoms with Gasteiger partial charge in [0.2, 0.25) is 0 Å². The van der Waals surface area contributed by atoms with Crippen LogP contribution in [0.2, 0.25) is 0 Å². The third kappa shape index (κ3) is 4.33. The molecule has 1 amide bonds. The zero-order valence-electron chi connectivity index (χ0n) is 13.2. The molecule has 1 heterocycles. The zero-order valence-corrected chi connectivity index (χ0v) is 13.2. The highest BCUT2D eigenvalue weighted by atomic mass is 16.6. The molecule has 1 aliphatic heterocycles. The molecular formula is C19H22N2O2. The van der Waals surface area contributed by atoms with Crippen molar-refractivity contribution in [3.8, 4) is 0 Å². The van der Waals surface area contributed by atoms with Crippen molar-refractivity contribution >= 4 is 6.09 Å². The first-order valence-electron chi connectivity index (χ1n) is 8.05. The molecule has 4 nitrogen and oxygen atoms in total. The van der Waals surface area contributed by atoms with E-state index in [0.29, 0.717) is 6.61 Å². The van der Waals surface area contributed by atoms with Crippen LogP contribution in [-0.2, 0) is 17.9 Å². The Bertz CT molecular complexity index is 616. The van der Waals surface area contributed by atoms with Gasteiger partial charge in [0, 0.05) is 25.7 Å². The number of ether oxygens (including phenoxy) is 1. The van der Waals surface area contributed by atoms with Crippen LogP contribution in [0, 0.1) is 0 Å². The van der Waals surface area contributed by atoms with E-state index in [-0.39, 0.29) is 12.1 Å². The summed E-state index contributed by atoms with van der Waals surface area (Å²) in [4.78, 5) is 13.9. The van der Waals surface area contributed by atoms with E-state index in [1.165, 1.54) is 5.56 Å². The highest BCUT2D eigenvalue weighted by Gasteiger charge is 2.32. The van der Waals surface area contributed by atoms with Crippen LogP contribution in [0.5, 0.6) is 0 Å². The molecule has 1 saturated heterocycles. The van der Waals surface area contributed by atoms with Gasteiger partial charge in [0.05, 0.1) is 0 Å². The van der Waals surface area contributed by atoms with Gasteiger partial charge in [-0.15, -0.1) is 0 Å². The maximum atomic E-state index is 12.1. The lowest BCUT2D eigenvalue weighted by atomic mass is 10.0. The Labute approximate surface area is 137 Å². The number of likely N-dealkylation sites (tertiary alicyclic amines) is 1. The Morgan fingerprint density at radius 2 is 1.70 bits per heavy atom. The largest absolute Gasteiger partial charge is 0.445 e. The first-order valence-corrected chi connectivity index (χ1v) is 8.05. The van der Waals surface area contributed by atoms with E-state index in [1.807, 2.05) is 48.5 Å². The van der Waals surface area contributed by atoms with E-state index in [4.69, 9.17) is 4.74 Å². The molecule has 4 heteroatoms. The standard InChI is InChI=1S/C19H22N2O2/c22-19(23-15-17-9-5-2-6-10-17)21-12-11-18(21)14-20-13-16-7-3-1-4-8-16/h1-10,18,20H,11-15H2. The molecular weight excluding hydrogens is 288 g/mol. The lowest BCUT2D eigenvalue weighted by molar-refractivity contribution is 0.0437. The van der Waals surface area contributed by atoms with Crippen LogP contribution in [0.15, 0.2) is 60.7 Å². The van der Waals surface area contributed by atoms with Crippen molar-refractivity contribution in [2.75, 3.05) is 13.1 Å². The molecule has 3 rings (SSSR count). The highest BCUT2D eigenvalue weighted by Crippen LogP contribution is 2.18. The van der Waals surface area contributed by atoms with E-state index in [0.717, 1.165) is 31.6 Å². The molecule has 2 aromatic carbocycles. The number of amides is 1. The quantitative estimate of drug-likeness (QED) is 0.891. The molecule has 0 saturated carbocycles. The van der Waals surface area contributed by atoms with Gasteiger partial charge in [0.1, 0.15) is 6.61 Å². The van der Waals surface area contributed by atoms with E-state index in [1.54, 1.807) is 4.90 Å². The summed E-state index contributed by atoms with van der Waals surface area (Å²) < 4.78 is 5.39. The fourth-order valence-electron chi connectivity index (χ4n) is 2.67. The topological polar surface area (TPSA) is 41.6 Å². The first-order chi connectivity index (χ1) is 11.3. The van der Waals surface area contributed by atoms with Crippen molar-refractivity contribution in [2.45, 2.75) is 25.6 Å². The lowest BCUT2D eigenvalue weighted by Gasteiger charge is -2.40. The second-order valence-corrected chi connectivity index (χ2v) is 5.79. The van der Waals surface area contributed by atoms with Gasteiger partial charge in [0.15, 0.2) is 0 Å². The number of nitrogens with one attached hydrogen (secondary N) is 1. The number of nitrogens with zero attached hydrogens (tertiary/aromatic N) is 1. The van der Waals surface area contributed by atoms with Crippen LogP contribution in [0.3, 0.4) is 0 Å². The molecule has 0 bridgehead atoms. The summed E-state index contributed by atoms with van der Waals surface area (Å²) in [5, 5.41) is 3.41. The normalized spacial score (nSPS) is 16.7. The predicted molar refractivity (Wildman–Crippen MR) is 89.9 cm³/mol. The van der Waals surface area contributed by atoms with Crippen molar-refractivity contribution in [3.63, 3.8) is 0 Å². The number of carbonyl (C=O) groups is 1. The lowest BCUT2D eigenvalue weighted by Crippen LogP contribution is -2.55. The third-order valence-corrected chi connectivity index (χ3v) is 4.14. The van der Waals surface area contributed by atoms with Crippen LogP contribution in [0.25, 0.3) is 0 Å². The van der Waals surface area contributed by atoms with Crippen LogP contribution < -0.4 is 5.32 Å². The average molecular weight is 310 g/mol. The molecule has 120 valence electrons. The molecule has 1 N–H and O–H groups in total. The van der Waals surface area contributed by atoms with Gasteiger partial charge in [-0.05, 0) is 17.5 Å². The van der Waals surface area contributed by atoms with Crippen molar-refractivity contribution in [2.24, 2.45) is 0 Å². The SMILES string of the molecule is O=C(OCc1ccccc1)N1CCC1CNCc1ccccc1. The minimum Gasteiger partial charge on any atom is -0.445 e. The summed E-state index contributed by atoms with van der Waals surface area (Å²) in [6.07, 6.45) is 0.814. The van der Waals surface area contributed by atoms with Gasteiger partial charge in [-0.3, -0.25) is 0 Å². The highest BCUT2D eigenvalue weighted by molar-refractivity contribution is 5.69. The third-order valence-electron chi connectivity index (χ3n) is 4.14. The second kappa shape index (κ2) is 7.79. The Balaban J connectivity index is 1.39. The summed E-state index contributed by atoms with van der Waals surface area (Å²) >= 11 is 0. The Morgan fingerprint density at radius 3 is 2.30 bits per heavy atom. The van der Waals surface area contributed by atoms with Crippen LogP contribution in [0.1, 0.15) is 17.5 Å². The molecule has 0 aliphatic carbocycles. The molecule has 0 radical (unpaired) electrons. The van der Waals surface area contributed by atoms with Gasteiger partial charge in [-0.2, -0.15) is 0 Å². The molecule has 2 aromatic rings. The molecule has 0 spiro atoms. The Hall–Kier alpha value is -2.33. The Kier molecular flexibility index (Phi) is 5.27. The maximum Gasteiger partial charge on any atom is 0.410 e. The fraction of sp³-hybridized carbons (Fsp3) is 0.316. The van der Waals surface area contributed by atoms with Crippen LogP contribution in [-0.4, -0.2) is 30.1 Å². The van der Waals surface area contributed by atoms with Crippen molar-refractivity contribution in [3.05, 3.63) is 71.8 Å². The minimum absolute atomic E-state index is 0.216. The van der Waals surface area contributed by atoms with Crippen LogP contribution in [0.4, 0.5) is 4.79 Å². The van der Waals surface area contributed by atoms with E-state index in [2.05, 4.69) is 17.4 Å². The van der Waals surface area contributed by atoms with Gasteiger partial charge in [-0.25, -0.2) is 4.79 Å². The molecule has 1 fully saturated rings. The number of benzene rings is 2. The summed E-state index contributed by atoms with van der Waals surface area (Å²) in [5.41, 5.74) is 2.27. The number of rotatable bonds is 6. The van der Waals surface area contributed by atoms with E-state index < -0.39 is 0 Å². The molecule has 1 aliphatic rings. The van der Waals surface area contributed by atoms with Gasteiger partial charge < -0.3 is 15.0 Å². The Morgan fingerprint density at radius 1 is 1.04 bits per heavy atom. The van der Waals surface area contributed by atoms with Gasteiger partial charge in [0.25, 0.3) is 0 Å². The number of hydrogen-bond donors (Lipinski definition) is 1. The van der Waals surface area contributed by atoms with Gasteiger partial charge >= 0.3 is 6.09 Å². The second-order valence-electron chi connectivity index (χ2n) is 5.79. The fourth-order valence-corrected chi connectivity index (χ4v) is 2.67. The van der Waals surface area contributed by atoms with Crippen molar-refractivity contribution < 1.29 is 9.53 Å². The smallest absolute Gasteiger partial charge is 0.410 e. The molecule has 0 aromatic heterocycles. The van der Waals surface area contributed by atoms with Gasteiger partial charge in [-0.1, -0.05) is 60.7 Å². The molecule has 1 atom stereocenters. The molecule has 23 heavy (non-hydrogen) atoms. The number of hydrogen-bond acceptors (Lipinski definition) is 3. The van der Waals surface area contributed by atoms with E-state index in [9.17, 15) is 4.79 Å². The molecule has 1 unspecified atom stereocenters.